The highest BCUT2D eigenvalue weighted by molar-refractivity contribution is 6.35. The van der Waals surface area contributed by atoms with Crippen molar-refractivity contribution in [3.63, 3.8) is 0 Å². The van der Waals surface area contributed by atoms with E-state index in [1.165, 1.54) is 0 Å². The van der Waals surface area contributed by atoms with Gasteiger partial charge in [0.05, 0.1) is 18.9 Å². The SMILES string of the molecule is COCN(C)Cc1cc(Cl)cc(Cl)c1OC. The van der Waals surface area contributed by atoms with E-state index in [2.05, 4.69) is 0 Å². The first-order valence-electron chi connectivity index (χ1n) is 4.78. The van der Waals surface area contributed by atoms with Crippen molar-refractivity contribution >= 4 is 23.2 Å². The average Bonchev–Trinajstić information content (AvgIpc) is 2.17. The third kappa shape index (κ3) is 3.52. The normalized spacial score (nSPS) is 10.9. The van der Waals surface area contributed by atoms with Crippen LogP contribution in [0.3, 0.4) is 0 Å². The molecule has 90 valence electrons. The van der Waals surface area contributed by atoms with Gasteiger partial charge < -0.3 is 9.47 Å². The molecule has 0 heterocycles. The fourth-order valence-corrected chi connectivity index (χ4v) is 2.13. The molecule has 0 aromatic heterocycles. The van der Waals surface area contributed by atoms with Gasteiger partial charge in [-0.1, -0.05) is 23.2 Å². The van der Waals surface area contributed by atoms with Crippen molar-refractivity contribution in [1.29, 1.82) is 0 Å². The molecular weight excluding hydrogens is 249 g/mol. The Balaban J connectivity index is 2.93. The zero-order valence-corrected chi connectivity index (χ0v) is 11.1. The van der Waals surface area contributed by atoms with Crippen LogP contribution >= 0.6 is 23.2 Å². The Morgan fingerprint density at radius 2 is 1.94 bits per heavy atom. The van der Waals surface area contributed by atoms with Gasteiger partial charge in [-0.2, -0.15) is 0 Å². The van der Waals surface area contributed by atoms with Crippen LogP contribution in [0.5, 0.6) is 5.75 Å². The van der Waals surface area contributed by atoms with Crippen molar-refractivity contribution < 1.29 is 9.47 Å². The van der Waals surface area contributed by atoms with Gasteiger partial charge in [-0.15, -0.1) is 0 Å². The number of hydrogen-bond acceptors (Lipinski definition) is 3. The Morgan fingerprint density at radius 3 is 2.50 bits per heavy atom. The second-order valence-electron chi connectivity index (χ2n) is 3.51. The second kappa shape index (κ2) is 6.30. The molecule has 0 fully saturated rings. The quantitative estimate of drug-likeness (QED) is 0.763. The highest BCUT2D eigenvalue weighted by Gasteiger charge is 2.11. The number of methoxy groups -OCH3 is 2. The van der Waals surface area contributed by atoms with Crippen LogP contribution < -0.4 is 4.74 Å². The van der Waals surface area contributed by atoms with Crippen molar-refractivity contribution in [3.05, 3.63) is 27.7 Å². The summed E-state index contributed by atoms with van der Waals surface area (Å²) >= 11 is 12.0. The lowest BCUT2D eigenvalue weighted by molar-refractivity contribution is 0.0766. The maximum Gasteiger partial charge on any atom is 0.142 e. The fourth-order valence-electron chi connectivity index (χ4n) is 1.52. The summed E-state index contributed by atoms with van der Waals surface area (Å²) in [5.74, 6) is 0.661. The molecule has 1 aromatic rings. The van der Waals surface area contributed by atoms with E-state index in [9.17, 15) is 0 Å². The predicted molar refractivity (Wildman–Crippen MR) is 66.4 cm³/mol. The highest BCUT2D eigenvalue weighted by atomic mass is 35.5. The minimum Gasteiger partial charge on any atom is -0.495 e. The molecule has 0 saturated heterocycles. The van der Waals surface area contributed by atoms with E-state index < -0.39 is 0 Å². The molecule has 0 aliphatic heterocycles. The van der Waals surface area contributed by atoms with E-state index in [0.717, 1.165) is 5.56 Å². The molecule has 3 nitrogen and oxygen atoms in total. The lowest BCUT2D eigenvalue weighted by Crippen LogP contribution is -2.20. The number of benzene rings is 1. The van der Waals surface area contributed by atoms with E-state index in [1.807, 2.05) is 18.0 Å². The van der Waals surface area contributed by atoms with E-state index in [1.54, 1.807) is 20.3 Å². The first-order chi connectivity index (χ1) is 7.58. The Hall–Kier alpha value is -0.480. The smallest absolute Gasteiger partial charge is 0.142 e. The van der Waals surface area contributed by atoms with Gasteiger partial charge in [0.15, 0.2) is 0 Å². The maximum absolute atomic E-state index is 6.04. The van der Waals surface area contributed by atoms with Gasteiger partial charge in [0.1, 0.15) is 5.75 Å². The monoisotopic (exact) mass is 263 g/mol. The molecule has 1 aromatic carbocycles. The average molecular weight is 264 g/mol. The van der Waals surface area contributed by atoms with Crippen LogP contribution in [-0.2, 0) is 11.3 Å². The zero-order valence-electron chi connectivity index (χ0n) is 9.59. The molecule has 1 rings (SSSR count). The lowest BCUT2D eigenvalue weighted by Gasteiger charge is -2.18. The zero-order chi connectivity index (χ0) is 12.1. The van der Waals surface area contributed by atoms with Crippen molar-refractivity contribution in [1.82, 2.24) is 4.90 Å². The number of nitrogens with zero attached hydrogens (tertiary/aromatic N) is 1. The summed E-state index contributed by atoms with van der Waals surface area (Å²) in [7, 11) is 5.19. The van der Waals surface area contributed by atoms with Gasteiger partial charge in [0.2, 0.25) is 0 Å². The molecule has 0 unspecified atom stereocenters. The van der Waals surface area contributed by atoms with Crippen LogP contribution in [0.1, 0.15) is 5.56 Å². The summed E-state index contributed by atoms with van der Waals surface area (Å²) in [5, 5.41) is 1.13. The number of rotatable bonds is 5. The molecule has 0 aliphatic rings. The van der Waals surface area contributed by atoms with Crippen LogP contribution in [0, 0.1) is 0 Å². The van der Waals surface area contributed by atoms with Gasteiger partial charge in [-0.05, 0) is 19.2 Å². The Morgan fingerprint density at radius 1 is 1.25 bits per heavy atom. The van der Waals surface area contributed by atoms with E-state index in [-0.39, 0.29) is 0 Å². The summed E-state index contributed by atoms with van der Waals surface area (Å²) in [6, 6.07) is 3.51. The molecule has 0 atom stereocenters. The summed E-state index contributed by atoms with van der Waals surface area (Å²) < 4.78 is 10.3. The Labute approximate surface area is 106 Å². The van der Waals surface area contributed by atoms with Gasteiger partial charge in [-0.25, -0.2) is 0 Å². The van der Waals surface area contributed by atoms with E-state index >= 15 is 0 Å². The number of ether oxygens (including phenoxy) is 2. The molecule has 16 heavy (non-hydrogen) atoms. The largest absolute Gasteiger partial charge is 0.495 e. The summed E-state index contributed by atoms with van der Waals surface area (Å²) in [4.78, 5) is 1.99. The lowest BCUT2D eigenvalue weighted by atomic mass is 10.2. The molecule has 0 N–H and O–H groups in total. The Kier molecular flexibility index (Phi) is 5.35. The first kappa shape index (κ1) is 13.6. The minimum absolute atomic E-state index is 0.524. The van der Waals surface area contributed by atoms with Gasteiger partial charge >= 0.3 is 0 Å². The van der Waals surface area contributed by atoms with Crippen molar-refractivity contribution in [2.24, 2.45) is 0 Å². The van der Waals surface area contributed by atoms with Crippen LogP contribution in [0.25, 0.3) is 0 Å². The van der Waals surface area contributed by atoms with Gasteiger partial charge in [0, 0.05) is 24.2 Å². The predicted octanol–water partition coefficient (Wildman–Crippen LogP) is 3.04. The maximum atomic E-state index is 6.04. The van der Waals surface area contributed by atoms with Gasteiger partial charge in [0.25, 0.3) is 0 Å². The van der Waals surface area contributed by atoms with Crippen molar-refractivity contribution in [3.8, 4) is 5.75 Å². The molecule has 0 spiro atoms. The Bertz CT molecular complexity index is 358. The third-order valence-electron chi connectivity index (χ3n) is 2.08. The van der Waals surface area contributed by atoms with Crippen LogP contribution in [-0.4, -0.2) is 32.9 Å². The van der Waals surface area contributed by atoms with Crippen LogP contribution in [0.2, 0.25) is 10.0 Å². The molecule has 0 bridgehead atoms. The topological polar surface area (TPSA) is 21.7 Å². The first-order valence-corrected chi connectivity index (χ1v) is 5.53. The highest BCUT2D eigenvalue weighted by Crippen LogP contribution is 2.32. The van der Waals surface area contributed by atoms with Gasteiger partial charge in [-0.3, -0.25) is 4.90 Å². The summed E-state index contributed by atoms with van der Waals surface area (Å²) in [5.41, 5.74) is 0.944. The minimum atomic E-state index is 0.524. The number of hydrogen-bond donors (Lipinski definition) is 0. The molecule has 0 aliphatic carbocycles. The van der Waals surface area contributed by atoms with E-state index in [4.69, 9.17) is 32.7 Å². The van der Waals surface area contributed by atoms with Crippen LogP contribution in [0.4, 0.5) is 0 Å². The molecular formula is C11H15Cl2NO2. The van der Waals surface area contributed by atoms with Crippen molar-refractivity contribution in [2.45, 2.75) is 6.54 Å². The molecule has 0 saturated carbocycles. The standard InChI is InChI=1S/C11H15Cl2NO2/c1-14(7-15-2)6-8-4-9(12)5-10(13)11(8)16-3/h4-5H,6-7H2,1-3H3. The molecule has 0 amide bonds. The number of halogens is 2. The van der Waals surface area contributed by atoms with Crippen LogP contribution in [0.15, 0.2) is 12.1 Å². The summed E-state index contributed by atoms with van der Waals surface area (Å²) in [6.07, 6.45) is 0. The third-order valence-corrected chi connectivity index (χ3v) is 2.58. The van der Waals surface area contributed by atoms with E-state index in [0.29, 0.717) is 29.1 Å². The summed E-state index contributed by atoms with van der Waals surface area (Å²) in [6.45, 7) is 1.20. The second-order valence-corrected chi connectivity index (χ2v) is 4.36. The van der Waals surface area contributed by atoms with Crippen molar-refractivity contribution in [2.75, 3.05) is 28.0 Å². The fraction of sp³-hybridized carbons (Fsp3) is 0.455. The molecule has 0 radical (unpaired) electrons. The molecule has 5 heteroatoms.